The van der Waals surface area contributed by atoms with Gasteiger partial charge in [0.2, 0.25) is 12.3 Å². The second kappa shape index (κ2) is 11.3. The zero-order chi connectivity index (χ0) is 13.8. The molecule has 0 rings (SSSR count). The van der Waals surface area contributed by atoms with Crippen molar-refractivity contribution in [2.75, 3.05) is 38.2 Å². The lowest BCUT2D eigenvalue weighted by Crippen LogP contribution is -2.46. The fourth-order valence-corrected chi connectivity index (χ4v) is 2.08. The van der Waals surface area contributed by atoms with Crippen LogP contribution in [0.4, 0.5) is 0 Å². The smallest absolute Gasteiger partial charge is 0.242 e. The largest absolute Gasteiger partial charge is 0.353 e. The molecule has 0 aliphatic heterocycles. The van der Waals surface area contributed by atoms with Gasteiger partial charge in [-0.1, -0.05) is 13.8 Å². The molecule has 18 heavy (non-hydrogen) atoms. The van der Waals surface area contributed by atoms with Gasteiger partial charge in [-0.15, -0.1) is 0 Å². The van der Waals surface area contributed by atoms with Crippen LogP contribution in [0.3, 0.4) is 0 Å². The number of carbonyl (C=O) groups excluding carboxylic acids is 2. The molecule has 0 bridgehead atoms. The summed E-state index contributed by atoms with van der Waals surface area (Å²) in [4.78, 5) is 24.5. The fourth-order valence-electron chi connectivity index (χ4n) is 1.61. The van der Waals surface area contributed by atoms with Crippen molar-refractivity contribution in [2.24, 2.45) is 0 Å². The van der Waals surface area contributed by atoms with E-state index in [0.717, 1.165) is 25.4 Å². The molecule has 2 N–H and O–H groups in total. The van der Waals surface area contributed by atoms with Crippen molar-refractivity contribution in [3.05, 3.63) is 0 Å². The van der Waals surface area contributed by atoms with Crippen LogP contribution in [-0.2, 0) is 9.59 Å². The highest BCUT2D eigenvalue weighted by Gasteiger charge is 2.16. The van der Waals surface area contributed by atoms with Crippen molar-refractivity contribution in [3.8, 4) is 0 Å². The minimum atomic E-state index is -0.411. The third-order valence-electron chi connectivity index (χ3n) is 2.82. The molecule has 0 saturated carbocycles. The first kappa shape index (κ1) is 17.2. The highest BCUT2D eigenvalue weighted by Crippen LogP contribution is 2.00. The number of thioether (sulfide) groups is 1. The van der Waals surface area contributed by atoms with Crippen LogP contribution >= 0.6 is 11.8 Å². The van der Waals surface area contributed by atoms with Gasteiger partial charge in [0, 0.05) is 13.1 Å². The van der Waals surface area contributed by atoms with Crippen molar-refractivity contribution in [2.45, 2.75) is 26.3 Å². The number of carbonyl (C=O) groups is 2. The van der Waals surface area contributed by atoms with Crippen LogP contribution in [0.15, 0.2) is 0 Å². The van der Waals surface area contributed by atoms with Crippen molar-refractivity contribution in [1.82, 2.24) is 15.5 Å². The van der Waals surface area contributed by atoms with Gasteiger partial charge in [-0.2, -0.15) is 11.8 Å². The van der Waals surface area contributed by atoms with Crippen LogP contribution in [-0.4, -0.2) is 61.4 Å². The normalized spacial score (nSPS) is 12.2. The fraction of sp³-hybridized carbons (Fsp3) is 0.833. The molecule has 106 valence electrons. The summed E-state index contributed by atoms with van der Waals surface area (Å²) in [7, 11) is 0. The van der Waals surface area contributed by atoms with Crippen LogP contribution < -0.4 is 10.6 Å². The Morgan fingerprint density at radius 1 is 1.39 bits per heavy atom. The molecule has 6 heteroatoms. The summed E-state index contributed by atoms with van der Waals surface area (Å²) in [6, 6.07) is -0.411. The molecule has 1 atom stereocenters. The molecule has 0 aromatic carbocycles. The van der Waals surface area contributed by atoms with Gasteiger partial charge in [-0.3, -0.25) is 9.59 Å². The van der Waals surface area contributed by atoms with E-state index in [2.05, 4.69) is 29.4 Å². The molecule has 5 nitrogen and oxygen atoms in total. The van der Waals surface area contributed by atoms with E-state index >= 15 is 0 Å². The van der Waals surface area contributed by atoms with Crippen molar-refractivity contribution in [1.29, 1.82) is 0 Å². The van der Waals surface area contributed by atoms with Crippen LogP contribution in [0.1, 0.15) is 20.3 Å². The molecule has 0 radical (unpaired) electrons. The summed E-state index contributed by atoms with van der Waals surface area (Å²) < 4.78 is 0. The van der Waals surface area contributed by atoms with E-state index in [4.69, 9.17) is 0 Å². The second-order valence-electron chi connectivity index (χ2n) is 3.94. The highest BCUT2D eigenvalue weighted by atomic mass is 32.2. The molecule has 0 spiro atoms. The molecular weight excluding hydrogens is 250 g/mol. The van der Waals surface area contributed by atoms with Crippen LogP contribution in [0.5, 0.6) is 0 Å². The summed E-state index contributed by atoms with van der Waals surface area (Å²) in [5, 5.41) is 5.43. The monoisotopic (exact) mass is 275 g/mol. The van der Waals surface area contributed by atoms with E-state index in [1.54, 1.807) is 11.8 Å². The van der Waals surface area contributed by atoms with Crippen molar-refractivity contribution < 1.29 is 9.59 Å². The Hall–Kier alpha value is -0.750. The SMILES string of the molecule is CCN(CC)CCNC(=O)C(CCSC)NC=O. The third-order valence-corrected chi connectivity index (χ3v) is 3.46. The lowest BCUT2D eigenvalue weighted by molar-refractivity contribution is -0.125. The van der Waals surface area contributed by atoms with E-state index in [9.17, 15) is 9.59 Å². The Morgan fingerprint density at radius 3 is 2.56 bits per heavy atom. The van der Waals surface area contributed by atoms with Crippen LogP contribution in [0.25, 0.3) is 0 Å². The first-order valence-corrected chi connectivity index (χ1v) is 7.77. The first-order valence-electron chi connectivity index (χ1n) is 6.38. The number of rotatable bonds is 11. The first-order chi connectivity index (χ1) is 8.69. The quantitative estimate of drug-likeness (QED) is 0.533. The van der Waals surface area contributed by atoms with Gasteiger partial charge < -0.3 is 15.5 Å². The molecule has 1 unspecified atom stereocenters. The van der Waals surface area contributed by atoms with Gasteiger partial charge in [-0.25, -0.2) is 0 Å². The standard InChI is InChI=1S/C12H25N3O2S/c1-4-15(5-2)8-7-13-12(17)11(14-10-16)6-9-18-3/h10-11H,4-9H2,1-3H3,(H,13,17)(H,14,16). The number of hydrogen-bond donors (Lipinski definition) is 2. The van der Waals surface area contributed by atoms with Gasteiger partial charge in [0.05, 0.1) is 0 Å². The van der Waals surface area contributed by atoms with Crippen LogP contribution in [0.2, 0.25) is 0 Å². The molecule has 2 amide bonds. The number of nitrogens with zero attached hydrogens (tertiary/aromatic N) is 1. The molecule has 0 saturated heterocycles. The van der Waals surface area contributed by atoms with E-state index in [1.165, 1.54) is 0 Å². The Bertz CT molecular complexity index is 235. The number of nitrogens with one attached hydrogen (secondary N) is 2. The maximum absolute atomic E-state index is 11.8. The predicted molar refractivity (Wildman–Crippen MR) is 76.8 cm³/mol. The number of amides is 2. The molecule has 0 aromatic heterocycles. The maximum Gasteiger partial charge on any atom is 0.242 e. The van der Waals surface area contributed by atoms with Crippen LogP contribution in [0, 0.1) is 0 Å². The summed E-state index contributed by atoms with van der Waals surface area (Å²) >= 11 is 1.67. The third kappa shape index (κ3) is 7.55. The van der Waals surface area contributed by atoms with Gasteiger partial charge in [0.25, 0.3) is 0 Å². The molecule has 0 aliphatic carbocycles. The Balaban J connectivity index is 3.97. The minimum absolute atomic E-state index is 0.0942. The van der Waals surface area contributed by atoms with Gasteiger partial charge in [-0.05, 0) is 31.5 Å². The predicted octanol–water partition coefficient (Wildman–Crippen LogP) is 0.312. The van der Waals surface area contributed by atoms with Crippen molar-refractivity contribution >= 4 is 24.1 Å². The van der Waals surface area contributed by atoms with E-state index in [1.807, 2.05) is 6.26 Å². The Labute approximate surface area is 114 Å². The number of likely N-dealkylation sites (N-methyl/N-ethyl adjacent to an activating group) is 1. The number of hydrogen-bond acceptors (Lipinski definition) is 4. The minimum Gasteiger partial charge on any atom is -0.353 e. The summed E-state index contributed by atoms with van der Waals surface area (Å²) in [5.41, 5.74) is 0. The average molecular weight is 275 g/mol. The summed E-state index contributed by atoms with van der Waals surface area (Å²) in [6.07, 6.45) is 3.24. The van der Waals surface area contributed by atoms with Gasteiger partial charge in [0.1, 0.15) is 6.04 Å². The maximum atomic E-state index is 11.8. The Kier molecular flexibility index (Phi) is 10.9. The topological polar surface area (TPSA) is 61.4 Å². The Morgan fingerprint density at radius 2 is 2.06 bits per heavy atom. The van der Waals surface area contributed by atoms with E-state index in [-0.39, 0.29) is 5.91 Å². The molecule has 0 aromatic rings. The molecule has 0 aliphatic rings. The van der Waals surface area contributed by atoms with E-state index < -0.39 is 6.04 Å². The van der Waals surface area contributed by atoms with Gasteiger partial charge >= 0.3 is 0 Å². The van der Waals surface area contributed by atoms with Crippen molar-refractivity contribution in [3.63, 3.8) is 0 Å². The second-order valence-corrected chi connectivity index (χ2v) is 4.92. The van der Waals surface area contributed by atoms with E-state index in [0.29, 0.717) is 19.4 Å². The molecule has 0 fully saturated rings. The summed E-state index contributed by atoms with van der Waals surface area (Å²) in [6.45, 7) is 7.62. The lowest BCUT2D eigenvalue weighted by atomic mass is 10.2. The summed E-state index contributed by atoms with van der Waals surface area (Å²) in [5.74, 6) is 0.762. The zero-order valence-corrected chi connectivity index (χ0v) is 12.4. The molecular formula is C12H25N3O2S. The lowest BCUT2D eigenvalue weighted by Gasteiger charge is -2.20. The molecule has 0 heterocycles. The average Bonchev–Trinajstić information content (AvgIpc) is 2.39. The zero-order valence-electron chi connectivity index (χ0n) is 11.6. The van der Waals surface area contributed by atoms with Gasteiger partial charge in [0.15, 0.2) is 0 Å². The highest BCUT2D eigenvalue weighted by molar-refractivity contribution is 7.98.